The molecule has 0 saturated heterocycles. The molecule has 0 radical (unpaired) electrons. The van der Waals surface area contributed by atoms with Crippen molar-refractivity contribution in [3.63, 3.8) is 0 Å². The summed E-state index contributed by atoms with van der Waals surface area (Å²) < 4.78 is 2.73. The number of rotatable bonds is 2. The molecule has 2 rings (SSSR count). The lowest BCUT2D eigenvalue weighted by atomic mass is 10.2. The summed E-state index contributed by atoms with van der Waals surface area (Å²) in [5.41, 5.74) is 0. The molecule has 5 heteroatoms. The first kappa shape index (κ1) is 10.6. The lowest BCUT2D eigenvalue weighted by molar-refractivity contribution is 0.620. The Kier molecular flexibility index (Phi) is 2.75. The highest BCUT2D eigenvalue weighted by Crippen LogP contribution is 2.26. The molecule has 15 heavy (non-hydrogen) atoms. The number of hydrogen-bond acceptors (Lipinski definition) is 3. The molecule has 1 N–H and O–H groups in total. The van der Waals surface area contributed by atoms with Crippen LogP contribution in [-0.4, -0.2) is 14.8 Å². The summed E-state index contributed by atoms with van der Waals surface area (Å²) in [6.45, 7) is 6.22. The van der Waals surface area contributed by atoms with E-state index in [1.165, 1.54) is 9.75 Å². The van der Waals surface area contributed by atoms with Crippen LogP contribution in [-0.2, 0) is 0 Å². The van der Waals surface area contributed by atoms with E-state index in [0.29, 0.717) is 4.77 Å². The zero-order valence-corrected chi connectivity index (χ0v) is 10.6. The molecule has 2 aromatic rings. The van der Waals surface area contributed by atoms with Crippen molar-refractivity contribution in [1.82, 2.24) is 14.8 Å². The minimum Gasteiger partial charge on any atom is -0.296 e. The van der Waals surface area contributed by atoms with Gasteiger partial charge in [0.2, 0.25) is 0 Å². The molecule has 0 bridgehead atoms. The van der Waals surface area contributed by atoms with Gasteiger partial charge in [-0.15, -0.1) is 11.3 Å². The number of aromatic nitrogens is 3. The maximum absolute atomic E-state index is 5.21. The van der Waals surface area contributed by atoms with Gasteiger partial charge >= 0.3 is 0 Å². The summed E-state index contributed by atoms with van der Waals surface area (Å²) in [5, 5.41) is 6.93. The summed E-state index contributed by atoms with van der Waals surface area (Å²) in [4.78, 5) is 2.64. The number of thiophene rings is 1. The van der Waals surface area contributed by atoms with Crippen molar-refractivity contribution in [2.75, 3.05) is 0 Å². The van der Waals surface area contributed by atoms with E-state index >= 15 is 0 Å². The molecule has 80 valence electrons. The van der Waals surface area contributed by atoms with Crippen molar-refractivity contribution in [2.24, 2.45) is 0 Å². The third-order valence-corrected chi connectivity index (χ3v) is 3.90. The highest BCUT2D eigenvalue weighted by molar-refractivity contribution is 7.71. The van der Waals surface area contributed by atoms with Crippen molar-refractivity contribution in [1.29, 1.82) is 0 Å². The molecule has 0 spiro atoms. The van der Waals surface area contributed by atoms with E-state index in [1.807, 2.05) is 11.5 Å². The van der Waals surface area contributed by atoms with Crippen LogP contribution in [0, 0.1) is 18.6 Å². The third kappa shape index (κ3) is 1.89. The smallest absolute Gasteiger partial charge is 0.195 e. The van der Waals surface area contributed by atoms with Crippen LogP contribution in [0.1, 0.15) is 28.5 Å². The van der Waals surface area contributed by atoms with E-state index in [2.05, 4.69) is 36.2 Å². The fourth-order valence-electron chi connectivity index (χ4n) is 1.64. The highest BCUT2D eigenvalue weighted by Gasteiger charge is 2.13. The van der Waals surface area contributed by atoms with E-state index in [9.17, 15) is 0 Å². The Hall–Kier alpha value is -0.940. The lowest BCUT2D eigenvalue weighted by Gasteiger charge is -2.12. The predicted octanol–water partition coefficient (Wildman–Crippen LogP) is 3.23. The Labute approximate surface area is 97.8 Å². The normalized spacial score (nSPS) is 13.0. The van der Waals surface area contributed by atoms with E-state index in [4.69, 9.17) is 12.2 Å². The molecule has 2 aromatic heterocycles. The molecular formula is C10H13N3S2. The first-order chi connectivity index (χ1) is 7.09. The molecule has 0 aliphatic heterocycles. The van der Waals surface area contributed by atoms with Crippen molar-refractivity contribution in [3.8, 4) is 0 Å². The highest BCUT2D eigenvalue weighted by atomic mass is 32.1. The Morgan fingerprint density at radius 3 is 2.67 bits per heavy atom. The van der Waals surface area contributed by atoms with Crippen molar-refractivity contribution >= 4 is 23.6 Å². The van der Waals surface area contributed by atoms with Crippen molar-refractivity contribution < 1.29 is 0 Å². The monoisotopic (exact) mass is 239 g/mol. The average molecular weight is 239 g/mol. The van der Waals surface area contributed by atoms with Crippen molar-refractivity contribution in [2.45, 2.75) is 26.8 Å². The van der Waals surface area contributed by atoms with Crippen LogP contribution in [0.2, 0.25) is 0 Å². The van der Waals surface area contributed by atoms with Crippen molar-refractivity contribution in [3.05, 3.63) is 32.5 Å². The topological polar surface area (TPSA) is 33.6 Å². The Balaban J connectivity index is 2.44. The number of hydrogen-bond donors (Lipinski definition) is 1. The minimum atomic E-state index is 0.259. The molecular weight excluding hydrogens is 226 g/mol. The van der Waals surface area contributed by atoms with Crippen LogP contribution >= 0.6 is 23.6 Å². The first-order valence-corrected chi connectivity index (χ1v) is 6.02. The van der Waals surface area contributed by atoms with Gasteiger partial charge in [0, 0.05) is 9.75 Å². The van der Waals surface area contributed by atoms with Gasteiger partial charge in [-0.05, 0) is 45.1 Å². The minimum absolute atomic E-state index is 0.259. The predicted molar refractivity (Wildman–Crippen MR) is 65.0 cm³/mol. The van der Waals surface area contributed by atoms with E-state index in [-0.39, 0.29) is 6.04 Å². The van der Waals surface area contributed by atoms with Gasteiger partial charge in [0.15, 0.2) is 4.77 Å². The molecule has 0 fully saturated rings. The Morgan fingerprint density at radius 1 is 1.47 bits per heavy atom. The van der Waals surface area contributed by atoms with Gasteiger partial charge in [0.1, 0.15) is 5.82 Å². The number of aromatic amines is 1. The second-order valence-electron chi connectivity index (χ2n) is 3.57. The molecule has 0 amide bonds. The summed E-state index contributed by atoms with van der Waals surface area (Å²) >= 11 is 7.01. The van der Waals surface area contributed by atoms with Crippen LogP contribution in [0.25, 0.3) is 0 Å². The van der Waals surface area contributed by atoms with Crippen LogP contribution in [0.15, 0.2) is 12.1 Å². The van der Waals surface area contributed by atoms with Gasteiger partial charge in [-0.1, -0.05) is 0 Å². The number of aryl methyl sites for hydroxylation is 2. The van der Waals surface area contributed by atoms with Crippen LogP contribution in [0.4, 0.5) is 0 Å². The average Bonchev–Trinajstić information content (AvgIpc) is 2.73. The van der Waals surface area contributed by atoms with Crippen LogP contribution in [0.3, 0.4) is 0 Å². The van der Waals surface area contributed by atoms with Gasteiger partial charge in [-0.25, -0.2) is 0 Å². The SMILES string of the molecule is Cc1ccc(C(C)n2c(C)n[nH]c2=S)s1. The quantitative estimate of drug-likeness (QED) is 0.816. The molecule has 1 atom stereocenters. The lowest BCUT2D eigenvalue weighted by Crippen LogP contribution is -2.07. The number of H-pyrrole nitrogens is 1. The van der Waals surface area contributed by atoms with Crippen LogP contribution < -0.4 is 0 Å². The second kappa shape index (κ2) is 3.90. The van der Waals surface area contributed by atoms with Crippen LogP contribution in [0.5, 0.6) is 0 Å². The zero-order valence-electron chi connectivity index (χ0n) is 8.94. The molecule has 0 aromatic carbocycles. The summed E-state index contributed by atoms with van der Waals surface area (Å²) in [5.74, 6) is 0.929. The van der Waals surface area contributed by atoms with Gasteiger partial charge in [-0.2, -0.15) is 5.10 Å². The number of nitrogens with zero attached hydrogens (tertiary/aromatic N) is 2. The largest absolute Gasteiger partial charge is 0.296 e. The fraction of sp³-hybridized carbons (Fsp3) is 0.400. The Morgan fingerprint density at radius 2 is 2.20 bits per heavy atom. The summed E-state index contributed by atoms with van der Waals surface area (Å²) in [6.07, 6.45) is 0. The second-order valence-corrected chi connectivity index (χ2v) is 5.28. The zero-order chi connectivity index (χ0) is 11.0. The molecule has 0 aliphatic carbocycles. The molecule has 1 unspecified atom stereocenters. The summed E-state index contributed by atoms with van der Waals surface area (Å²) in [7, 11) is 0. The maximum Gasteiger partial charge on any atom is 0.195 e. The number of nitrogens with one attached hydrogen (secondary N) is 1. The van der Waals surface area contributed by atoms with E-state index in [0.717, 1.165) is 5.82 Å². The molecule has 0 saturated carbocycles. The fourth-order valence-corrected chi connectivity index (χ4v) is 2.90. The molecule has 3 nitrogen and oxygen atoms in total. The van der Waals surface area contributed by atoms with Gasteiger partial charge in [0.25, 0.3) is 0 Å². The van der Waals surface area contributed by atoms with Gasteiger partial charge in [-0.3, -0.25) is 9.67 Å². The molecule has 2 heterocycles. The first-order valence-electron chi connectivity index (χ1n) is 4.79. The van der Waals surface area contributed by atoms with E-state index in [1.54, 1.807) is 11.3 Å². The van der Waals surface area contributed by atoms with Gasteiger partial charge < -0.3 is 0 Å². The standard InChI is InChI=1S/C10H13N3S2/c1-6-4-5-9(15-6)7(2)13-8(3)11-12-10(13)14/h4-5,7H,1-3H3,(H,12,14). The van der Waals surface area contributed by atoms with Gasteiger partial charge in [0.05, 0.1) is 6.04 Å². The molecule has 0 aliphatic rings. The van der Waals surface area contributed by atoms with E-state index < -0.39 is 0 Å². The third-order valence-electron chi connectivity index (χ3n) is 2.44. The summed E-state index contributed by atoms with van der Waals surface area (Å²) in [6, 6.07) is 4.55. The maximum atomic E-state index is 5.21. The Bertz CT molecular complexity index is 521.